The van der Waals surface area contributed by atoms with Gasteiger partial charge in [-0.05, 0) is 37.0 Å². The highest BCUT2D eigenvalue weighted by atomic mass is 16.5. The third-order valence-corrected chi connectivity index (χ3v) is 2.36. The molecular formula is C13H18O2. The molecule has 0 aromatic heterocycles. The Labute approximate surface area is 91.2 Å². The van der Waals surface area contributed by atoms with E-state index in [1.165, 1.54) is 0 Å². The minimum atomic E-state index is -0.403. The molecule has 82 valence electrons. The summed E-state index contributed by atoms with van der Waals surface area (Å²) in [7, 11) is 1.63. The Kier molecular flexibility index (Phi) is 4.91. The third-order valence-electron chi connectivity index (χ3n) is 2.36. The van der Waals surface area contributed by atoms with Gasteiger partial charge in [0.15, 0.2) is 0 Å². The van der Waals surface area contributed by atoms with E-state index in [0.717, 1.165) is 30.6 Å². The van der Waals surface area contributed by atoms with Crippen LogP contribution in [-0.4, -0.2) is 12.2 Å². The molecule has 1 unspecified atom stereocenters. The van der Waals surface area contributed by atoms with Gasteiger partial charge in [0.25, 0.3) is 0 Å². The van der Waals surface area contributed by atoms with Crippen LogP contribution in [0.2, 0.25) is 0 Å². The SMILES string of the molecule is C=CCCCC(O)c1cccc(OC)c1. The third kappa shape index (κ3) is 3.76. The number of benzene rings is 1. The van der Waals surface area contributed by atoms with Gasteiger partial charge in [0.05, 0.1) is 13.2 Å². The van der Waals surface area contributed by atoms with Crippen LogP contribution in [0.5, 0.6) is 5.75 Å². The molecule has 1 atom stereocenters. The average Bonchev–Trinajstić information content (AvgIpc) is 2.29. The van der Waals surface area contributed by atoms with Crippen LogP contribution in [-0.2, 0) is 0 Å². The summed E-state index contributed by atoms with van der Waals surface area (Å²) in [5, 5.41) is 9.88. The standard InChI is InChI=1S/C13H18O2/c1-3-4-5-9-13(14)11-7-6-8-12(10-11)15-2/h3,6-8,10,13-14H,1,4-5,9H2,2H3. The molecule has 0 bridgehead atoms. The monoisotopic (exact) mass is 206 g/mol. The number of aliphatic hydroxyl groups excluding tert-OH is 1. The number of methoxy groups -OCH3 is 1. The van der Waals surface area contributed by atoms with Gasteiger partial charge in [0.1, 0.15) is 5.75 Å². The zero-order valence-corrected chi connectivity index (χ0v) is 9.15. The maximum atomic E-state index is 9.88. The van der Waals surface area contributed by atoms with Crippen LogP contribution < -0.4 is 4.74 Å². The fourth-order valence-corrected chi connectivity index (χ4v) is 1.47. The van der Waals surface area contributed by atoms with Crippen LogP contribution in [0.3, 0.4) is 0 Å². The Hall–Kier alpha value is -1.28. The molecule has 0 saturated heterocycles. The molecule has 15 heavy (non-hydrogen) atoms. The van der Waals surface area contributed by atoms with Crippen molar-refractivity contribution in [3.05, 3.63) is 42.5 Å². The zero-order chi connectivity index (χ0) is 11.1. The maximum Gasteiger partial charge on any atom is 0.119 e. The minimum absolute atomic E-state index is 0.403. The summed E-state index contributed by atoms with van der Waals surface area (Å²) >= 11 is 0. The summed E-state index contributed by atoms with van der Waals surface area (Å²) in [4.78, 5) is 0. The molecular weight excluding hydrogens is 188 g/mol. The number of hydrogen-bond acceptors (Lipinski definition) is 2. The van der Waals surface area contributed by atoms with Crippen LogP contribution in [0.4, 0.5) is 0 Å². The summed E-state index contributed by atoms with van der Waals surface area (Å²) < 4.78 is 5.10. The van der Waals surface area contributed by atoms with Gasteiger partial charge in [-0.1, -0.05) is 18.2 Å². The first-order valence-electron chi connectivity index (χ1n) is 5.21. The zero-order valence-electron chi connectivity index (χ0n) is 9.15. The first-order valence-corrected chi connectivity index (χ1v) is 5.21. The summed E-state index contributed by atoms with van der Waals surface area (Å²) in [6, 6.07) is 7.56. The van der Waals surface area contributed by atoms with Gasteiger partial charge >= 0.3 is 0 Å². The van der Waals surface area contributed by atoms with Crippen LogP contribution in [0.15, 0.2) is 36.9 Å². The molecule has 0 radical (unpaired) electrons. The average molecular weight is 206 g/mol. The van der Waals surface area contributed by atoms with E-state index in [0.29, 0.717) is 0 Å². The van der Waals surface area contributed by atoms with Crippen molar-refractivity contribution in [3.63, 3.8) is 0 Å². The fourth-order valence-electron chi connectivity index (χ4n) is 1.47. The van der Waals surface area contributed by atoms with Crippen molar-refractivity contribution in [2.24, 2.45) is 0 Å². The van der Waals surface area contributed by atoms with Crippen molar-refractivity contribution in [3.8, 4) is 5.75 Å². The molecule has 0 saturated carbocycles. The number of ether oxygens (including phenoxy) is 1. The Morgan fingerprint density at radius 1 is 1.53 bits per heavy atom. The summed E-state index contributed by atoms with van der Waals surface area (Å²) in [5.41, 5.74) is 0.915. The van der Waals surface area contributed by atoms with E-state index < -0.39 is 6.10 Å². The van der Waals surface area contributed by atoms with Crippen LogP contribution >= 0.6 is 0 Å². The van der Waals surface area contributed by atoms with Gasteiger partial charge in [-0.15, -0.1) is 6.58 Å². The van der Waals surface area contributed by atoms with E-state index in [2.05, 4.69) is 6.58 Å². The molecule has 1 N–H and O–H groups in total. The highest BCUT2D eigenvalue weighted by Crippen LogP contribution is 2.22. The maximum absolute atomic E-state index is 9.88. The Morgan fingerprint density at radius 3 is 3.00 bits per heavy atom. The number of aliphatic hydroxyl groups is 1. The van der Waals surface area contributed by atoms with E-state index in [1.807, 2.05) is 30.3 Å². The van der Waals surface area contributed by atoms with E-state index in [4.69, 9.17) is 4.74 Å². The van der Waals surface area contributed by atoms with Crippen molar-refractivity contribution >= 4 is 0 Å². The van der Waals surface area contributed by atoms with Crippen LogP contribution in [0.1, 0.15) is 30.9 Å². The van der Waals surface area contributed by atoms with Gasteiger partial charge < -0.3 is 9.84 Å². The second-order valence-corrected chi connectivity index (χ2v) is 3.51. The second kappa shape index (κ2) is 6.25. The fraction of sp³-hybridized carbons (Fsp3) is 0.385. The van der Waals surface area contributed by atoms with E-state index >= 15 is 0 Å². The first kappa shape index (κ1) is 11.8. The molecule has 2 heteroatoms. The number of rotatable bonds is 6. The summed E-state index contributed by atoms with van der Waals surface area (Å²) in [5.74, 6) is 0.787. The Balaban J connectivity index is 2.56. The lowest BCUT2D eigenvalue weighted by molar-refractivity contribution is 0.164. The van der Waals surface area contributed by atoms with Crippen LogP contribution in [0, 0.1) is 0 Å². The predicted molar refractivity (Wildman–Crippen MR) is 62.0 cm³/mol. The van der Waals surface area contributed by atoms with Gasteiger partial charge in [-0.25, -0.2) is 0 Å². The second-order valence-electron chi connectivity index (χ2n) is 3.51. The quantitative estimate of drug-likeness (QED) is 0.572. The molecule has 0 spiro atoms. The molecule has 0 aliphatic heterocycles. The van der Waals surface area contributed by atoms with Crippen molar-refractivity contribution in [1.82, 2.24) is 0 Å². The normalized spacial score (nSPS) is 12.1. The molecule has 1 aromatic carbocycles. The highest BCUT2D eigenvalue weighted by molar-refractivity contribution is 5.29. The van der Waals surface area contributed by atoms with E-state index in [9.17, 15) is 5.11 Å². The van der Waals surface area contributed by atoms with Crippen molar-refractivity contribution in [2.75, 3.05) is 7.11 Å². The molecule has 0 aliphatic carbocycles. The van der Waals surface area contributed by atoms with Gasteiger partial charge in [0, 0.05) is 0 Å². The Morgan fingerprint density at radius 2 is 2.33 bits per heavy atom. The van der Waals surface area contributed by atoms with Gasteiger partial charge in [-0.3, -0.25) is 0 Å². The van der Waals surface area contributed by atoms with Crippen molar-refractivity contribution < 1.29 is 9.84 Å². The lowest BCUT2D eigenvalue weighted by Crippen LogP contribution is -1.97. The largest absolute Gasteiger partial charge is 0.497 e. The molecule has 0 heterocycles. The summed E-state index contributed by atoms with van der Waals surface area (Å²) in [6.07, 6.45) is 4.14. The van der Waals surface area contributed by atoms with Gasteiger partial charge in [-0.2, -0.15) is 0 Å². The molecule has 1 rings (SSSR count). The highest BCUT2D eigenvalue weighted by Gasteiger charge is 2.07. The molecule has 0 aliphatic rings. The van der Waals surface area contributed by atoms with Crippen molar-refractivity contribution in [1.29, 1.82) is 0 Å². The first-order chi connectivity index (χ1) is 7.27. The number of hydrogen-bond donors (Lipinski definition) is 1. The molecule has 2 nitrogen and oxygen atoms in total. The summed E-state index contributed by atoms with van der Waals surface area (Å²) in [6.45, 7) is 3.66. The van der Waals surface area contributed by atoms with Crippen LogP contribution in [0.25, 0.3) is 0 Å². The van der Waals surface area contributed by atoms with E-state index in [-0.39, 0.29) is 0 Å². The lowest BCUT2D eigenvalue weighted by Gasteiger charge is -2.11. The lowest BCUT2D eigenvalue weighted by atomic mass is 10.0. The smallest absolute Gasteiger partial charge is 0.119 e. The van der Waals surface area contributed by atoms with Gasteiger partial charge in [0.2, 0.25) is 0 Å². The molecule has 1 aromatic rings. The molecule has 0 amide bonds. The van der Waals surface area contributed by atoms with Crippen molar-refractivity contribution in [2.45, 2.75) is 25.4 Å². The van der Waals surface area contributed by atoms with E-state index in [1.54, 1.807) is 7.11 Å². The number of allylic oxidation sites excluding steroid dienone is 1. The minimum Gasteiger partial charge on any atom is -0.497 e. The molecule has 0 fully saturated rings. The predicted octanol–water partition coefficient (Wildman–Crippen LogP) is 3.08. The topological polar surface area (TPSA) is 29.5 Å². The Bertz CT molecular complexity index is 307. The number of unbranched alkanes of at least 4 members (excludes halogenated alkanes) is 1.